The molecule has 24 heavy (non-hydrogen) atoms. The summed E-state index contributed by atoms with van der Waals surface area (Å²) < 4.78 is 4.51. The second-order valence-corrected chi connectivity index (χ2v) is 5.96. The number of esters is 1. The van der Waals surface area contributed by atoms with Crippen molar-refractivity contribution in [2.45, 2.75) is 25.8 Å². The number of hydrogen-bond acceptors (Lipinski definition) is 4. The van der Waals surface area contributed by atoms with Crippen molar-refractivity contribution >= 4 is 17.9 Å². The average molecular weight is 333 g/mol. The number of methoxy groups -OCH3 is 1. The normalized spacial score (nSPS) is 19.7. The first-order valence-corrected chi connectivity index (χ1v) is 7.84. The molecule has 7 heteroatoms. The van der Waals surface area contributed by atoms with Gasteiger partial charge >= 0.3 is 12.0 Å². The van der Waals surface area contributed by atoms with E-state index >= 15 is 0 Å². The summed E-state index contributed by atoms with van der Waals surface area (Å²) in [4.78, 5) is 36.4. The molecule has 1 aromatic carbocycles. The molecule has 1 saturated heterocycles. The second kappa shape index (κ2) is 7.81. The molecule has 3 amide bonds. The fraction of sp³-hybridized carbons (Fsp3) is 0.471. The molecule has 130 valence electrons. The van der Waals surface area contributed by atoms with Gasteiger partial charge in [-0.1, -0.05) is 29.8 Å². The molecule has 0 radical (unpaired) electrons. The van der Waals surface area contributed by atoms with Crippen molar-refractivity contribution in [2.75, 3.05) is 26.7 Å². The molecule has 0 bridgehead atoms. The molecule has 7 nitrogen and oxygen atoms in total. The molecule has 2 N–H and O–H groups in total. The zero-order chi connectivity index (χ0) is 17.7. The van der Waals surface area contributed by atoms with Crippen molar-refractivity contribution in [3.63, 3.8) is 0 Å². The van der Waals surface area contributed by atoms with Crippen LogP contribution in [0.25, 0.3) is 0 Å². The molecule has 0 aromatic heterocycles. The highest BCUT2D eigenvalue weighted by Crippen LogP contribution is 2.28. The van der Waals surface area contributed by atoms with E-state index < -0.39 is 5.97 Å². The summed E-state index contributed by atoms with van der Waals surface area (Å²) >= 11 is 0. The Bertz CT molecular complexity index is 615. The van der Waals surface area contributed by atoms with E-state index in [9.17, 15) is 14.4 Å². The maximum absolute atomic E-state index is 12.2. The fourth-order valence-electron chi connectivity index (χ4n) is 2.86. The third kappa shape index (κ3) is 4.47. The highest BCUT2D eigenvalue weighted by molar-refractivity contribution is 5.81. The predicted molar refractivity (Wildman–Crippen MR) is 88.5 cm³/mol. The topological polar surface area (TPSA) is 87.7 Å². The van der Waals surface area contributed by atoms with Crippen molar-refractivity contribution in [3.8, 4) is 0 Å². The quantitative estimate of drug-likeness (QED) is 0.797. The number of hydrogen-bond donors (Lipinski definition) is 2. The number of carbonyl (C=O) groups excluding carboxylic acids is 3. The first kappa shape index (κ1) is 17.8. The monoisotopic (exact) mass is 333 g/mol. The fourth-order valence-corrected chi connectivity index (χ4v) is 2.86. The predicted octanol–water partition coefficient (Wildman–Crippen LogP) is 0.782. The molecule has 2 atom stereocenters. The summed E-state index contributed by atoms with van der Waals surface area (Å²) in [5.41, 5.74) is 2.23. The van der Waals surface area contributed by atoms with Crippen molar-refractivity contribution < 1.29 is 19.1 Å². The van der Waals surface area contributed by atoms with Crippen LogP contribution in [0.2, 0.25) is 0 Å². The van der Waals surface area contributed by atoms with Gasteiger partial charge in [0, 0.05) is 25.9 Å². The van der Waals surface area contributed by atoms with Crippen LogP contribution in [0.4, 0.5) is 4.79 Å². The standard InChI is InChI=1S/C17H23N3O4/c1-11-4-6-13(7-5-11)14-9-20(10-15(14)19-12(2)21)17(23)18-8-16(22)24-3/h4-7,14-15H,8-10H2,1-3H3,(H,18,23)(H,19,21)/t14-,15+/m0/s1. The number of aryl methyl sites for hydroxylation is 1. The van der Waals surface area contributed by atoms with E-state index in [0.717, 1.165) is 11.1 Å². The number of amides is 3. The minimum atomic E-state index is -0.504. The Hall–Kier alpha value is -2.57. The molecule has 0 spiro atoms. The molecule has 0 saturated carbocycles. The number of benzene rings is 1. The number of urea groups is 1. The summed E-state index contributed by atoms with van der Waals surface area (Å²) in [6.45, 7) is 4.17. The minimum Gasteiger partial charge on any atom is -0.468 e. The van der Waals surface area contributed by atoms with Crippen LogP contribution >= 0.6 is 0 Å². The number of carbonyl (C=O) groups is 3. The average Bonchev–Trinajstić information content (AvgIpc) is 2.96. The molecule has 1 aliphatic heterocycles. The van der Waals surface area contributed by atoms with Crippen LogP contribution in [0.15, 0.2) is 24.3 Å². The molecule has 1 heterocycles. The van der Waals surface area contributed by atoms with Gasteiger partial charge < -0.3 is 20.3 Å². The van der Waals surface area contributed by atoms with Gasteiger partial charge in [-0.3, -0.25) is 9.59 Å². The van der Waals surface area contributed by atoms with Crippen LogP contribution in [0.3, 0.4) is 0 Å². The van der Waals surface area contributed by atoms with Crippen LogP contribution in [-0.2, 0) is 14.3 Å². The first-order valence-electron chi connectivity index (χ1n) is 7.84. The Morgan fingerprint density at radius 2 is 1.88 bits per heavy atom. The van der Waals surface area contributed by atoms with Crippen molar-refractivity contribution in [3.05, 3.63) is 35.4 Å². The van der Waals surface area contributed by atoms with E-state index in [2.05, 4.69) is 15.4 Å². The van der Waals surface area contributed by atoms with Gasteiger partial charge in [0.15, 0.2) is 0 Å². The van der Waals surface area contributed by atoms with Gasteiger partial charge in [-0.05, 0) is 12.5 Å². The SMILES string of the molecule is COC(=O)CNC(=O)N1C[C@@H](NC(C)=O)[C@H](c2ccc(C)cc2)C1. The van der Waals surface area contributed by atoms with E-state index in [4.69, 9.17) is 0 Å². The van der Waals surface area contributed by atoms with Gasteiger partial charge in [0.1, 0.15) is 6.54 Å². The van der Waals surface area contributed by atoms with E-state index in [-0.39, 0.29) is 30.4 Å². The maximum atomic E-state index is 12.2. The molecular weight excluding hydrogens is 310 g/mol. The van der Waals surface area contributed by atoms with Crippen LogP contribution in [-0.4, -0.2) is 55.6 Å². The Morgan fingerprint density at radius 3 is 2.46 bits per heavy atom. The number of nitrogens with one attached hydrogen (secondary N) is 2. The molecule has 0 aliphatic carbocycles. The Kier molecular flexibility index (Phi) is 5.78. The third-order valence-electron chi connectivity index (χ3n) is 4.11. The highest BCUT2D eigenvalue weighted by atomic mass is 16.5. The lowest BCUT2D eigenvalue weighted by molar-refractivity contribution is -0.139. The minimum absolute atomic E-state index is 0.0124. The zero-order valence-electron chi connectivity index (χ0n) is 14.2. The largest absolute Gasteiger partial charge is 0.468 e. The number of ether oxygens (including phenoxy) is 1. The van der Waals surface area contributed by atoms with Gasteiger partial charge in [-0.25, -0.2) is 4.79 Å². The molecular formula is C17H23N3O4. The van der Waals surface area contributed by atoms with E-state index in [1.165, 1.54) is 14.0 Å². The second-order valence-electron chi connectivity index (χ2n) is 5.96. The Balaban J connectivity index is 2.08. The van der Waals surface area contributed by atoms with Crippen LogP contribution in [0.5, 0.6) is 0 Å². The number of likely N-dealkylation sites (tertiary alicyclic amines) is 1. The molecule has 1 fully saturated rings. The summed E-state index contributed by atoms with van der Waals surface area (Å²) in [6.07, 6.45) is 0. The Labute approximate surface area is 141 Å². The first-order chi connectivity index (χ1) is 11.4. The lowest BCUT2D eigenvalue weighted by Gasteiger charge is -2.19. The van der Waals surface area contributed by atoms with E-state index in [1.807, 2.05) is 31.2 Å². The van der Waals surface area contributed by atoms with Crippen LogP contribution in [0, 0.1) is 6.92 Å². The van der Waals surface area contributed by atoms with Crippen LogP contribution in [0.1, 0.15) is 24.0 Å². The van der Waals surface area contributed by atoms with Crippen molar-refractivity contribution in [1.29, 1.82) is 0 Å². The zero-order valence-corrected chi connectivity index (χ0v) is 14.2. The summed E-state index contributed by atoms with van der Waals surface area (Å²) in [7, 11) is 1.27. The lowest BCUT2D eigenvalue weighted by atomic mass is 9.93. The van der Waals surface area contributed by atoms with Crippen molar-refractivity contribution in [1.82, 2.24) is 15.5 Å². The molecule has 0 unspecified atom stereocenters. The van der Waals surface area contributed by atoms with E-state index in [1.54, 1.807) is 4.90 Å². The summed E-state index contributed by atoms with van der Waals surface area (Å²) in [5, 5.41) is 5.44. The molecule has 1 aliphatic rings. The third-order valence-corrected chi connectivity index (χ3v) is 4.11. The molecule has 1 aromatic rings. The highest BCUT2D eigenvalue weighted by Gasteiger charge is 2.36. The van der Waals surface area contributed by atoms with Crippen molar-refractivity contribution in [2.24, 2.45) is 0 Å². The number of rotatable bonds is 4. The van der Waals surface area contributed by atoms with Gasteiger partial charge in [0.2, 0.25) is 5.91 Å². The van der Waals surface area contributed by atoms with Gasteiger partial charge in [-0.15, -0.1) is 0 Å². The molecule has 2 rings (SSSR count). The number of nitrogens with zero attached hydrogens (tertiary/aromatic N) is 1. The smallest absolute Gasteiger partial charge is 0.325 e. The summed E-state index contributed by atoms with van der Waals surface area (Å²) in [6, 6.07) is 7.56. The van der Waals surface area contributed by atoms with Gasteiger partial charge in [0.25, 0.3) is 0 Å². The maximum Gasteiger partial charge on any atom is 0.325 e. The van der Waals surface area contributed by atoms with E-state index in [0.29, 0.717) is 13.1 Å². The van der Waals surface area contributed by atoms with Crippen LogP contribution < -0.4 is 10.6 Å². The summed E-state index contributed by atoms with van der Waals surface area (Å²) in [5.74, 6) is -0.622. The lowest BCUT2D eigenvalue weighted by Crippen LogP contribution is -2.43. The van der Waals surface area contributed by atoms with Gasteiger partial charge in [-0.2, -0.15) is 0 Å². The van der Waals surface area contributed by atoms with Gasteiger partial charge in [0.05, 0.1) is 13.2 Å². The Morgan fingerprint density at radius 1 is 1.21 bits per heavy atom.